The number of sulfonamides is 1. The van der Waals surface area contributed by atoms with Crippen molar-refractivity contribution >= 4 is 33.0 Å². The molecule has 2 aliphatic heterocycles. The molecule has 0 saturated carbocycles. The molecule has 1 fully saturated rings. The zero-order valence-corrected chi connectivity index (χ0v) is 18.4. The summed E-state index contributed by atoms with van der Waals surface area (Å²) in [5.74, 6) is -2.76. The molecule has 0 atom stereocenters. The lowest BCUT2D eigenvalue weighted by Crippen LogP contribution is -2.45. The minimum absolute atomic E-state index is 0.0222. The summed E-state index contributed by atoms with van der Waals surface area (Å²) < 4.78 is 57.8. The largest absolute Gasteiger partial charge is 0.490 e. The maximum Gasteiger partial charge on any atom is 0.490 e. The van der Waals surface area contributed by atoms with Crippen LogP contribution in [0.3, 0.4) is 0 Å². The summed E-state index contributed by atoms with van der Waals surface area (Å²) in [4.78, 5) is 12.8. The number of rotatable bonds is 3. The number of piperidine rings is 1. The highest BCUT2D eigenvalue weighted by molar-refractivity contribution is 7.92. The quantitative estimate of drug-likeness (QED) is 0.731. The van der Waals surface area contributed by atoms with Crippen molar-refractivity contribution in [2.45, 2.75) is 31.0 Å². The monoisotopic (exact) mass is 476 g/mol. The molecule has 0 amide bonds. The normalized spacial score (nSPS) is 18.4. The zero-order valence-electron chi connectivity index (χ0n) is 16.8. The molecule has 6 nitrogen and oxygen atoms in total. The van der Waals surface area contributed by atoms with Crippen molar-refractivity contribution in [2.24, 2.45) is 0 Å². The summed E-state index contributed by atoms with van der Waals surface area (Å²) in [6.45, 7) is 3.64. The molecule has 2 aromatic rings. The number of hydrogen-bond acceptors (Lipinski definition) is 5. The summed E-state index contributed by atoms with van der Waals surface area (Å²) in [5, 5.41) is 9.25. The van der Waals surface area contributed by atoms with Gasteiger partial charge in [-0.1, -0.05) is 24.3 Å². The SMILES string of the molecule is CS(=O)(=O)N1CC2(CCN(Cc3cccs3)CC2)c2ccccc21.O=C(O)C(F)(F)F. The summed E-state index contributed by atoms with van der Waals surface area (Å²) >= 11 is 1.80. The number of alkyl halides is 3. The zero-order chi connectivity index (χ0) is 22.9. The Balaban J connectivity index is 0.000000339. The van der Waals surface area contributed by atoms with Crippen molar-refractivity contribution in [3.8, 4) is 0 Å². The number of para-hydroxylation sites is 1. The molecule has 1 aromatic heterocycles. The summed E-state index contributed by atoms with van der Waals surface area (Å²) in [6, 6.07) is 12.3. The Morgan fingerprint density at radius 3 is 2.29 bits per heavy atom. The smallest absolute Gasteiger partial charge is 0.475 e. The molecule has 1 N–H and O–H groups in total. The van der Waals surface area contributed by atoms with Crippen LogP contribution in [0.1, 0.15) is 23.3 Å². The number of likely N-dealkylation sites (tertiary alicyclic amines) is 1. The number of fused-ring (bicyclic) bond motifs is 2. The summed E-state index contributed by atoms with van der Waals surface area (Å²) in [7, 11) is -3.22. The number of benzene rings is 1. The average Bonchev–Trinajstić information content (AvgIpc) is 3.30. The first-order valence-corrected chi connectivity index (χ1v) is 12.3. The van der Waals surface area contributed by atoms with E-state index >= 15 is 0 Å². The van der Waals surface area contributed by atoms with Gasteiger partial charge in [-0.05, 0) is 49.0 Å². The Kier molecular flexibility index (Phi) is 6.68. The van der Waals surface area contributed by atoms with Gasteiger partial charge in [0.1, 0.15) is 0 Å². The van der Waals surface area contributed by atoms with E-state index in [1.54, 1.807) is 15.6 Å². The van der Waals surface area contributed by atoms with Gasteiger partial charge >= 0.3 is 12.1 Å². The van der Waals surface area contributed by atoms with Crippen molar-refractivity contribution in [2.75, 3.05) is 30.2 Å². The van der Waals surface area contributed by atoms with Crippen LogP contribution in [0.2, 0.25) is 0 Å². The number of hydrogen-bond donors (Lipinski definition) is 1. The number of carboxylic acid groups (broad SMARTS) is 1. The number of carbonyl (C=O) groups is 1. The number of halogens is 3. The second-order valence-electron chi connectivity index (χ2n) is 7.73. The molecule has 0 unspecified atom stereocenters. The Labute approximate surface area is 183 Å². The Morgan fingerprint density at radius 2 is 1.77 bits per heavy atom. The van der Waals surface area contributed by atoms with Crippen LogP contribution in [0.5, 0.6) is 0 Å². The van der Waals surface area contributed by atoms with Crippen molar-refractivity contribution in [1.82, 2.24) is 4.90 Å². The van der Waals surface area contributed by atoms with E-state index in [0.29, 0.717) is 6.54 Å². The van der Waals surface area contributed by atoms with E-state index < -0.39 is 22.2 Å². The average molecular weight is 477 g/mol. The van der Waals surface area contributed by atoms with Crippen LogP contribution in [-0.2, 0) is 26.8 Å². The van der Waals surface area contributed by atoms with Crippen molar-refractivity contribution in [1.29, 1.82) is 0 Å². The molecule has 0 bridgehead atoms. The van der Waals surface area contributed by atoms with Gasteiger partial charge in [0, 0.05) is 23.4 Å². The third kappa shape index (κ3) is 5.39. The molecule has 11 heteroatoms. The van der Waals surface area contributed by atoms with E-state index in [1.165, 1.54) is 16.7 Å². The molecule has 1 spiro atoms. The highest BCUT2D eigenvalue weighted by Crippen LogP contribution is 2.47. The molecule has 1 saturated heterocycles. The van der Waals surface area contributed by atoms with Gasteiger partial charge in [-0.3, -0.25) is 9.21 Å². The van der Waals surface area contributed by atoms with Crippen LogP contribution in [-0.4, -0.2) is 56.5 Å². The first kappa shape index (κ1) is 23.6. The molecule has 0 aliphatic carbocycles. The number of carboxylic acids is 1. The van der Waals surface area contributed by atoms with Gasteiger partial charge in [-0.25, -0.2) is 13.2 Å². The van der Waals surface area contributed by atoms with Gasteiger partial charge in [-0.2, -0.15) is 13.2 Å². The highest BCUT2D eigenvalue weighted by atomic mass is 32.2. The van der Waals surface area contributed by atoms with E-state index in [4.69, 9.17) is 9.90 Å². The van der Waals surface area contributed by atoms with E-state index in [0.717, 1.165) is 38.2 Å². The number of nitrogens with zero attached hydrogens (tertiary/aromatic N) is 2. The van der Waals surface area contributed by atoms with Gasteiger partial charge in [0.15, 0.2) is 0 Å². The van der Waals surface area contributed by atoms with E-state index in [9.17, 15) is 21.6 Å². The predicted octanol–water partition coefficient (Wildman–Crippen LogP) is 3.69. The minimum Gasteiger partial charge on any atom is -0.475 e. The number of anilines is 1. The lowest BCUT2D eigenvalue weighted by atomic mass is 9.74. The van der Waals surface area contributed by atoms with Crippen molar-refractivity contribution in [3.63, 3.8) is 0 Å². The van der Waals surface area contributed by atoms with E-state index in [-0.39, 0.29) is 5.41 Å². The lowest BCUT2D eigenvalue weighted by molar-refractivity contribution is -0.192. The van der Waals surface area contributed by atoms with Gasteiger partial charge in [0.2, 0.25) is 10.0 Å². The predicted molar refractivity (Wildman–Crippen MR) is 113 cm³/mol. The standard InChI is InChI=1S/C18H22N2O2S2.C2HF3O2/c1-24(21,22)20-14-18(16-6-2-3-7-17(16)20)8-10-19(11-9-18)13-15-5-4-12-23-15;3-2(4,5)1(6)7/h2-7,12H,8-11,13-14H2,1H3;(H,6,7). The molecule has 31 heavy (non-hydrogen) atoms. The maximum atomic E-state index is 12.2. The van der Waals surface area contributed by atoms with Crippen LogP contribution < -0.4 is 4.31 Å². The molecule has 3 heterocycles. The molecule has 1 aromatic carbocycles. The third-order valence-corrected chi connectivity index (χ3v) is 7.59. The topological polar surface area (TPSA) is 77.9 Å². The number of thiophene rings is 1. The van der Waals surface area contributed by atoms with Crippen LogP contribution in [0, 0.1) is 0 Å². The van der Waals surface area contributed by atoms with Crippen LogP contribution in [0.25, 0.3) is 0 Å². The van der Waals surface area contributed by atoms with Crippen molar-refractivity contribution < 1.29 is 31.5 Å². The Hall–Kier alpha value is -2.11. The van der Waals surface area contributed by atoms with Gasteiger partial charge in [0.05, 0.1) is 11.9 Å². The lowest BCUT2D eigenvalue weighted by Gasteiger charge is -2.39. The first-order chi connectivity index (χ1) is 14.4. The van der Waals surface area contributed by atoms with Gasteiger partial charge < -0.3 is 5.11 Å². The third-order valence-electron chi connectivity index (χ3n) is 5.61. The van der Waals surface area contributed by atoms with Crippen LogP contribution in [0.4, 0.5) is 18.9 Å². The second kappa shape index (κ2) is 8.79. The fourth-order valence-corrected chi connectivity index (χ4v) is 5.81. The van der Waals surface area contributed by atoms with Crippen LogP contribution >= 0.6 is 11.3 Å². The molecular formula is C20H23F3N2O4S2. The molecule has 0 radical (unpaired) electrons. The number of aliphatic carboxylic acids is 1. The highest BCUT2D eigenvalue weighted by Gasteiger charge is 2.46. The van der Waals surface area contributed by atoms with Crippen molar-refractivity contribution in [3.05, 3.63) is 52.2 Å². The molecular weight excluding hydrogens is 453 g/mol. The maximum absolute atomic E-state index is 12.2. The minimum atomic E-state index is -5.08. The summed E-state index contributed by atoms with van der Waals surface area (Å²) in [5.41, 5.74) is 2.07. The second-order valence-corrected chi connectivity index (χ2v) is 10.7. The molecule has 4 rings (SSSR count). The van der Waals surface area contributed by atoms with Crippen LogP contribution in [0.15, 0.2) is 41.8 Å². The fraction of sp³-hybridized carbons (Fsp3) is 0.450. The Bertz CT molecular complexity index is 1020. The molecule has 170 valence electrons. The van der Waals surface area contributed by atoms with Gasteiger partial charge in [0.25, 0.3) is 0 Å². The molecule has 2 aliphatic rings. The summed E-state index contributed by atoms with van der Waals surface area (Å²) in [6.07, 6.45) is -1.74. The van der Waals surface area contributed by atoms with E-state index in [1.807, 2.05) is 18.2 Å². The Morgan fingerprint density at radius 1 is 1.16 bits per heavy atom. The van der Waals surface area contributed by atoms with Gasteiger partial charge in [-0.15, -0.1) is 11.3 Å². The first-order valence-electron chi connectivity index (χ1n) is 9.54. The van der Waals surface area contributed by atoms with E-state index in [2.05, 4.69) is 28.5 Å². The fourth-order valence-electron chi connectivity index (χ4n) is 4.07.